The van der Waals surface area contributed by atoms with E-state index in [2.05, 4.69) is 10.3 Å². The molecule has 0 aliphatic heterocycles. The van der Waals surface area contributed by atoms with Crippen molar-refractivity contribution in [3.63, 3.8) is 0 Å². The van der Waals surface area contributed by atoms with E-state index in [0.717, 1.165) is 6.07 Å². The van der Waals surface area contributed by atoms with Gasteiger partial charge in [0.15, 0.2) is 0 Å². The van der Waals surface area contributed by atoms with Crippen LogP contribution in [0, 0.1) is 11.6 Å². The molecule has 1 amide bonds. The molecular weight excluding hydrogens is 284 g/mol. The minimum Gasteiger partial charge on any atom is -0.350 e. The molecule has 0 fully saturated rings. The number of thiazole rings is 1. The average Bonchev–Trinajstić information content (AvgIpc) is 2.86. The first-order chi connectivity index (χ1) is 9.58. The normalized spacial score (nSPS) is 10.6. The van der Waals surface area contributed by atoms with Gasteiger partial charge in [-0.2, -0.15) is 0 Å². The molecule has 20 heavy (non-hydrogen) atoms. The molecule has 0 radical (unpaired) electrons. The van der Waals surface area contributed by atoms with Crippen LogP contribution in [0.4, 0.5) is 8.78 Å². The SMILES string of the molecule is NCc1nc(C(=O)NCCc2cc(F)cc(F)c2)cs1. The van der Waals surface area contributed by atoms with Crippen LogP contribution < -0.4 is 11.1 Å². The van der Waals surface area contributed by atoms with Crippen molar-refractivity contribution >= 4 is 17.2 Å². The summed E-state index contributed by atoms with van der Waals surface area (Å²) in [6.45, 7) is 0.567. The number of halogens is 2. The molecule has 1 heterocycles. The third-order valence-corrected chi connectivity index (χ3v) is 3.45. The van der Waals surface area contributed by atoms with E-state index in [4.69, 9.17) is 5.73 Å². The summed E-state index contributed by atoms with van der Waals surface area (Å²) < 4.78 is 25.9. The fourth-order valence-corrected chi connectivity index (χ4v) is 2.33. The van der Waals surface area contributed by atoms with Gasteiger partial charge in [-0.15, -0.1) is 11.3 Å². The number of nitrogens with one attached hydrogen (secondary N) is 1. The fraction of sp³-hybridized carbons (Fsp3) is 0.231. The molecule has 0 spiro atoms. The maximum atomic E-state index is 13.0. The lowest BCUT2D eigenvalue weighted by Crippen LogP contribution is -2.26. The van der Waals surface area contributed by atoms with Crippen molar-refractivity contribution in [2.75, 3.05) is 6.54 Å². The molecule has 106 valence electrons. The predicted octanol–water partition coefficient (Wildman–Crippen LogP) is 1.85. The van der Waals surface area contributed by atoms with Gasteiger partial charge in [-0.3, -0.25) is 4.79 Å². The Morgan fingerprint density at radius 1 is 1.30 bits per heavy atom. The minimum absolute atomic E-state index is 0.275. The molecule has 1 aromatic heterocycles. The van der Waals surface area contributed by atoms with Gasteiger partial charge in [0.25, 0.3) is 5.91 Å². The van der Waals surface area contributed by atoms with E-state index in [1.807, 2.05) is 0 Å². The molecule has 0 bridgehead atoms. The number of rotatable bonds is 5. The number of aromatic nitrogens is 1. The van der Waals surface area contributed by atoms with Crippen LogP contribution in [-0.2, 0) is 13.0 Å². The number of benzene rings is 1. The smallest absolute Gasteiger partial charge is 0.270 e. The van der Waals surface area contributed by atoms with E-state index in [9.17, 15) is 13.6 Å². The van der Waals surface area contributed by atoms with Gasteiger partial charge >= 0.3 is 0 Å². The van der Waals surface area contributed by atoms with Gasteiger partial charge in [-0.1, -0.05) is 0 Å². The van der Waals surface area contributed by atoms with Gasteiger partial charge in [0.05, 0.1) is 0 Å². The minimum atomic E-state index is -0.626. The Labute approximate surface area is 118 Å². The average molecular weight is 297 g/mol. The molecule has 3 N–H and O–H groups in total. The van der Waals surface area contributed by atoms with Crippen molar-refractivity contribution in [3.05, 3.63) is 51.5 Å². The number of amides is 1. The number of hydrogen-bond donors (Lipinski definition) is 2. The van der Waals surface area contributed by atoms with E-state index in [-0.39, 0.29) is 12.5 Å². The lowest BCUT2D eigenvalue weighted by molar-refractivity contribution is 0.0949. The lowest BCUT2D eigenvalue weighted by atomic mass is 10.1. The predicted molar refractivity (Wildman–Crippen MR) is 72.4 cm³/mol. The summed E-state index contributed by atoms with van der Waals surface area (Å²) in [6.07, 6.45) is 0.342. The first kappa shape index (κ1) is 14.5. The number of hydrogen-bond acceptors (Lipinski definition) is 4. The van der Waals surface area contributed by atoms with Gasteiger partial charge in [-0.05, 0) is 24.1 Å². The number of nitrogens with zero attached hydrogens (tertiary/aromatic N) is 1. The lowest BCUT2D eigenvalue weighted by Gasteiger charge is -2.04. The fourth-order valence-electron chi connectivity index (χ4n) is 1.68. The third kappa shape index (κ3) is 3.82. The van der Waals surface area contributed by atoms with Crippen LogP contribution in [0.1, 0.15) is 21.1 Å². The van der Waals surface area contributed by atoms with Crippen LogP contribution in [-0.4, -0.2) is 17.4 Å². The second-order valence-electron chi connectivity index (χ2n) is 4.11. The Balaban J connectivity index is 1.87. The maximum absolute atomic E-state index is 13.0. The molecule has 0 saturated carbocycles. The summed E-state index contributed by atoms with van der Waals surface area (Å²) in [5.74, 6) is -1.57. The molecule has 2 aromatic rings. The van der Waals surface area contributed by atoms with Gasteiger partial charge in [-0.25, -0.2) is 13.8 Å². The zero-order valence-electron chi connectivity index (χ0n) is 10.5. The molecule has 7 heteroatoms. The largest absolute Gasteiger partial charge is 0.350 e. The van der Waals surface area contributed by atoms with Crippen molar-refractivity contribution in [2.45, 2.75) is 13.0 Å². The topological polar surface area (TPSA) is 68.0 Å². The van der Waals surface area contributed by atoms with Crippen molar-refractivity contribution in [1.29, 1.82) is 0 Å². The van der Waals surface area contributed by atoms with Crippen LogP contribution in [0.5, 0.6) is 0 Å². The van der Waals surface area contributed by atoms with Crippen LogP contribution in [0.25, 0.3) is 0 Å². The van der Waals surface area contributed by atoms with Crippen LogP contribution >= 0.6 is 11.3 Å². The zero-order valence-corrected chi connectivity index (χ0v) is 11.3. The Morgan fingerprint density at radius 3 is 2.60 bits per heavy atom. The van der Waals surface area contributed by atoms with E-state index >= 15 is 0 Å². The Kier molecular flexibility index (Phi) is 4.75. The van der Waals surface area contributed by atoms with Gasteiger partial charge in [0.2, 0.25) is 0 Å². The first-order valence-corrected chi connectivity index (χ1v) is 6.84. The van der Waals surface area contributed by atoms with Gasteiger partial charge < -0.3 is 11.1 Å². The first-order valence-electron chi connectivity index (χ1n) is 5.96. The standard InChI is InChI=1S/C13H13F2N3OS/c14-9-3-8(4-10(15)5-9)1-2-17-13(19)11-7-20-12(6-16)18-11/h3-5,7H,1-2,6,16H2,(H,17,19). The van der Waals surface area contributed by atoms with Crippen molar-refractivity contribution in [3.8, 4) is 0 Å². The molecule has 2 rings (SSSR count). The molecule has 0 saturated heterocycles. The highest BCUT2D eigenvalue weighted by atomic mass is 32.1. The van der Waals surface area contributed by atoms with Gasteiger partial charge in [0, 0.05) is 24.5 Å². The summed E-state index contributed by atoms with van der Waals surface area (Å²) in [6, 6.07) is 3.29. The van der Waals surface area contributed by atoms with E-state index in [1.165, 1.54) is 23.5 Å². The Hall–Kier alpha value is -1.86. The van der Waals surface area contributed by atoms with Crippen molar-refractivity contribution < 1.29 is 13.6 Å². The second kappa shape index (κ2) is 6.53. The molecule has 1 aromatic carbocycles. The van der Waals surface area contributed by atoms with E-state index < -0.39 is 11.6 Å². The number of carbonyl (C=O) groups is 1. The van der Waals surface area contributed by atoms with Crippen LogP contribution in [0.3, 0.4) is 0 Å². The molecule has 0 aliphatic carbocycles. The summed E-state index contributed by atoms with van der Waals surface area (Å²) in [4.78, 5) is 15.8. The van der Waals surface area contributed by atoms with Crippen molar-refractivity contribution in [1.82, 2.24) is 10.3 Å². The van der Waals surface area contributed by atoms with Gasteiger partial charge in [0.1, 0.15) is 22.3 Å². The summed E-state index contributed by atoms with van der Waals surface area (Å²) in [5, 5.41) is 4.95. The molecule has 0 atom stereocenters. The highest BCUT2D eigenvalue weighted by Gasteiger charge is 2.09. The molecule has 0 aliphatic rings. The summed E-state index contributed by atoms with van der Waals surface area (Å²) in [5.41, 5.74) is 6.21. The zero-order chi connectivity index (χ0) is 14.5. The highest BCUT2D eigenvalue weighted by Crippen LogP contribution is 2.10. The van der Waals surface area contributed by atoms with Crippen LogP contribution in [0.2, 0.25) is 0 Å². The molecular formula is C13H13F2N3OS. The van der Waals surface area contributed by atoms with E-state index in [1.54, 1.807) is 5.38 Å². The molecule has 4 nitrogen and oxygen atoms in total. The monoisotopic (exact) mass is 297 g/mol. The van der Waals surface area contributed by atoms with E-state index in [0.29, 0.717) is 29.2 Å². The highest BCUT2D eigenvalue weighted by molar-refractivity contribution is 7.09. The second-order valence-corrected chi connectivity index (χ2v) is 5.06. The molecule has 0 unspecified atom stereocenters. The van der Waals surface area contributed by atoms with Crippen molar-refractivity contribution in [2.24, 2.45) is 5.73 Å². The quantitative estimate of drug-likeness (QED) is 0.885. The maximum Gasteiger partial charge on any atom is 0.270 e. The summed E-state index contributed by atoms with van der Waals surface area (Å²) in [7, 11) is 0. The number of carbonyl (C=O) groups excluding carboxylic acids is 1. The summed E-state index contributed by atoms with van der Waals surface area (Å²) >= 11 is 1.32. The Morgan fingerprint density at radius 2 is 2.00 bits per heavy atom. The van der Waals surface area contributed by atoms with Crippen LogP contribution in [0.15, 0.2) is 23.6 Å². The Bertz CT molecular complexity index is 595. The number of nitrogens with two attached hydrogens (primary N) is 1. The third-order valence-electron chi connectivity index (χ3n) is 2.58.